The highest BCUT2D eigenvalue weighted by Crippen LogP contribution is 2.38. The van der Waals surface area contributed by atoms with E-state index in [1.54, 1.807) is 6.07 Å². The largest absolute Gasteiger partial charge is 0.496 e. The van der Waals surface area contributed by atoms with Crippen molar-refractivity contribution in [3.8, 4) is 0 Å². The summed E-state index contributed by atoms with van der Waals surface area (Å²) in [7, 11) is -0.637. The van der Waals surface area contributed by atoms with E-state index in [0.29, 0.717) is 28.4 Å². The zero-order valence-corrected chi connectivity index (χ0v) is 24.4. The van der Waals surface area contributed by atoms with Gasteiger partial charge in [0.1, 0.15) is 0 Å². The maximum atomic E-state index is 13.3. The first kappa shape index (κ1) is 28.1. The van der Waals surface area contributed by atoms with E-state index >= 15 is 0 Å². The second-order valence-corrected chi connectivity index (χ2v) is 12.4. The average molecular weight is 557 g/mol. The van der Waals surface area contributed by atoms with E-state index in [1.165, 1.54) is 0 Å². The van der Waals surface area contributed by atoms with E-state index in [-0.39, 0.29) is 29.9 Å². The number of aromatic nitrogens is 2. The van der Waals surface area contributed by atoms with Gasteiger partial charge in [-0.25, -0.2) is 0 Å². The van der Waals surface area contributed by atoms with Crippen molar-refractivity contribution < 1.29 is 23.6 Å². The van der Waals surface area contributed by atoms with Crippen LogP contribution in [0.5, 0.6) is 0 Å². The van der Waals surface area contributed by atoms with Gasteiger partial charge in [0.2, 0.25) is 0 Å². The Morgan fingerprint density at radius 2 is 1.87 bits per heavy atom. The Hall–Kier alpha value is -2.40. The number of rotatable bonds is 6. The van der Waals surface area contributed by atoms with E-state index in [2.05, 4.69) is 15.3 Å². The molecule has 5 rings (SSSR count). The lowest BCUT2D eigenvalue weighted by Crippen LogP contribution is -2.41. The highest BCUT2D eigenvalue weighted by molar-refractivity contribution is 6.66. The van der Waals surface area contributed by atoms with Crippen molar-refractivity contribution in [3.63, 3.8) is 0 Å². The Morgan fingerprint density at radius 3 is 2.56 bits per heavy atom. The minimum atomic E-state index is -0.637. The van der Waals surface area contributed by atoms with Crippen molar-refractivity contribution in [2.75, 3.05) is 18.4 Å². The summed E-state index contributed by atoms with van der Waals surface area (Å²) in [5.41, 5.74) is 1.47. The SMILES string of the molecule is CC(C)OC(=O)[C@@H]1CCN([C@H]2CCCn3nc(C(=O)Nc4cccc(B5OC(C)(C)C(C)(C)O5)c4Cl)cc32)C1. The fourth-order valence-corrected chi connectivity index (χ4v) is 5.78. The molecule has 3 aliphatic heterocycles. The van der Waals surface area contributed by atoms with Crippen LogP contribution >= 0.6 is 11.6 Å². The fraction of sp³-hybridized carbons (Fsp3) is 0.607. The Morgan fingerprint density at radius 1 is 1.15 bits per heavy atom. The highest BCUT2D eigenvalue weighted by Gasteiger charge is 2.52. The van der Waals surface area contributed by atoms with Gasteiger partial charge in [-0.05, 0) is 79.5 Å². The van der Waals surface area contributed by atoms with Gasteiger partial charge in [0.25, 0.3) is 5.91 Å². The summed E-state index contributed by atoms with van der Waals surface area (Å²) in [6.45, 7) is 13.9. The topological polar surface area (TPSA) is 94.9 Å². The number of esters is 1. The lowest BCUT2D eigenvalue weighted by molar-refractivity contribution is -0.151. The van der Waals surface area contributed by atoms with Crippen LogP contribution < -0.4 is 10.8 Å². The predicted octanol–water partition coefficient (Wildman–Crippen LogP) is 4.20. The smallest absolute Gasteiger partial charge is 0.463 e. The molecule has 1 amide bonds. The monoisotopic (exact) mass is 556 g/mol. The molecule has 1 aromatic heterocycles. The second-order valence-electron chi connectivity index (χ2n) is 12.1. The van der Waals surface area contributed by atoms with Gasteiger partial charge in [-0.15, -0.1) is 0 Å². The van der Waals surface area contributed by atoms with Crippen molar-refractivity contribution >= 4 is 41.7 Å². The predicted molar refractivity (Wildman–Crippen MR) is 150 cm³/mol. The van der Waals surface area contributed by atoms with Crippen LogP contribution in [0.4, 0.5) is 5.69 Å². The van der Waals surface area contributed by atoms with E-state index < -0.39 is 18.3 Å². The summed E-state index contributed by atoms with van der Waals surface area (Å²) in [6.07, 6.45) is 2.58. The van der Waals surface area contributed by atoms with Crippen LogP contribution in [0.3, 0.4) is 0 Å². The van der Waals surface area contributed by atoms with Gasteiger partial charge in [0, 0.05) is 18.6 Å². The molecular formula is C28H38BClN4O5. The van der Waals surface area contributed by atoms with Gasteiger partial charge in [-0.1, -0.05) is 23.7 Å². The van der Waals surface area contributed by atoms with Crippen molar-refractivity contribution in [2.45, 2.75) is 90.7 Å². The summed E-state index contributed by atoms with van der Waals surface area (Å²) in [6, 6.07) is 7.41. The lowest BCUT2D eigenvalue weighted by atomic mass is 9.79. The summed E-state index contributed by atoms with van der Waals surface area (Å²) < 4.78 is 19.7. The molecule has 1 aromatic carbocycles. The van der Waals surface area contributed by atoms with Crippen molar-refractivity contribution in [2.24, 2.45) is 5.92 Å². The number of likely N-dealkylation sites (tertiary alicyclic amines) is 1. The molecule has 39 heavy (non-hydrogen) atoms. The molecule has 0 radical (unpaired) electrons. The third kappa shape index (κ3) is 5.49. The van der Waals surface area contributed by atoms with Crippen molar-refractivity contribution in [3.05, 3.63) is 40.7 Å². The van der Waals surface area contributed by atoms with Crippen LogP contribution in [0.2, 0.25) is 5.02 Å². The molecule has 2 saturated heterocycles. The number of nitrogens with one attached hydrogen (secondary N) is 1. The van der Waals surface area contributed by atoms with E-state index in [4.69, 9.17) is 25.6 Å². The number of hydrogen-bond donors (Lipinski definition) is 1. The van der Waals surface area contributed by atoms with Crippen LogP contribution in [0.25, 0.3) is 0 Å². The van der Waals surface area contributed by atoms with Crippen LogP contribution in [-0.2, 0) is 25.4 Å². The first-order chi connectivity index (χ1) is 18.4. The Bertz CT molecular complexity index is 1250. The number of amides is 1. The molecule has 2 aromatic rings. The fourth-order valence-electron chi connectivity index (χ4n) is 5.52. The third-order valence-corrected chi connectivity index (χ3v) is 8.78. The molecule has 0 bridgehead atoms. The maximum Gasteiger partial charge on any atom is 0.496 e. The third-order valence-electron chi connectivity index (χ3n) is 8.36. The second kappa shape index (κ2) is 10.5. The van der Waals surface area contributed by atoms with Crippen LogP contribution in [0.15, 0.2) is 24.3 Å². The normalized spacial score (nSPS) is 24.2. The minimum Gasteiger partial charge on any atom is -0.463 e. The number of nitrogens with zero attached hydrogens (tertiary/aromatic N) is 3. The summed E-state index contributed by atoms with van der Waals surface area (Å²) in [4.78, 5) is 28.1. The summed E-state index contributed by atoms with van der Waals surface area (Å²) in [5, 5.41) is 7.93. The maximum absolute atomic E-state index is 13.3. The van der Waals surface area contributed by atoms with E-state index in [0.717, 1.165) is 38.0 Å². The number of benzene rings is 1. The Kier molecular flexibility index (Phi) is 7.61. The zero-order chi connectivity index (χ0) is 28.1. The average Bonchev–Trinajstić information content (AvgIpc) is 3.56. The first-order valence-electron chi connectivity index (χ1n) is 13.8. The molecule has 3 aliphatic rings. The van der Waals surface area contributed by atoms with Crippen LogP contribution in [0.1, 0.15) is 83.0 Å². The number of fused-ring (bicyclic) bond motifs is 1. The molecule has 2 fully saturated rings. The van der Waals surface area contributed by atoms with Crippen LogP contribution in [-0.4, -0.2) is 64.1 Å². The Balaban J connectivity index is 1.30. The van der Waals surface area contributed by atoms with Crippen LogP contribution in [0, 0.1) is 5.92 Å². The minimum absolute atomic E-state index is 0.111. The molecule has 0 aliphatic carbocycles. The van der Waals surface area contributed by atoms with Gasteiger partial charge in [0.15, 0.2) is 5.69 Å². The first-order valence-corrected chi connectivity index (χ1v) is 14.2. The number of ether oxygens (including phenoxy) is 1. The number of carbonyl (C=O) groups excluding carboxylic acids is 2. The number of hydrogen-bond acceptors (Lipinski definition) is 7. The highest BCUT2D eigenvalue weighted by atomic mass is 35.5. The molecule has 1 N–H and O–H groups in total. The molecule has 4 heterocycles. The lowest BCUT2D eigenvalue weighted by Gasteiger charge is -2.32. The van der Waals surface area contributed by atoms with E-state index in [1.807, 2.05) is 64.4 Å². The van der Waals surface area contributed by atoms with Gasteiger partial charge < -0.3 is 19.4 Å². The molecule has 0 spiro atoms. The molecule has 0 unspecified atom stereocenters. The molecule has 2 atom stereocenters. The Labute approximate surface area is 235 Å². The molecule has 210 valence electrons. The summed E-state index contributed by atoms with van der Waals surface area (Å²) in [5.74, 6) is -0.577. The summed E-state index contributed by atoms with van der Waals surface area (Å²) >= 11 is 6.74. The standard InChI is InChI=1S/C28H38BClN4O5/c1-17(2)37-26(36)18-12-14-33(16-18)22-11-8-13-34-23(22)15-21(32-34)25(35)31-20-10-7-9-19(24(20)30)29-38-27(3,4)28(5,6)39-29/h7,9-10,15,17-18,22H,8,11-14,16H2,1-6H3,(H,31,35)/t18-,22+/m1/s1. The number of carbonyl (C=O) groups is 2. The van der Waals surface area contributed by atoms with Gasteiger partial charge in [-0.3, -0.25) is 19.2 Å². The number of aryl methyl sites for hydroxylation is 1. The number of anilines is 1. The van der Waals surface area contributed by atoms with Gasteiger partial charge in [0.05, 0.1) is 45.7 Å². The van der Waals surface area contributed by atoms with Crippen molar-refractivity contribution in [1.29, 1.82) is 0 Å². The van der Waals surface area contributed by atoms with Crippen molar-refractivity contribution in [1.82, 2.24) is 14.7 Å². The van der Waals surface area contributed by atoms with Gasteiger partial charge >= 0.3 is 13.1 Å². The number of halogens is 1. The zero-order valence-electron chi connectivity index (χ0n) is 23.6. The molecule has 0 saturated carbocycles. The van der Waals surface area contributed by atoms with Gasteiger partial charge in [-0.2, -0.15) is 5.10 Å². The quantitative estimate of drug-likeness (QED) is 0.421. The molecule has 11 heteroatoms. The molecule has 9 nitrogen and oxygen atoms in total. The van der Waals surface area contributed by atoms with E-state index in [9.17, 15) is 9.59 Å². The molecular weight excluding hydrogens is 519 g/mol.